The molecule has 0 aromatic heterocycles. The quantitative estimate of drug-likeness (QED) is 0.626. The normalized spacial score (nSPS) is 12.9. The third-order valence-electron chi connectivity index (χ3n) is 4.37. The van der Waals surface area contributed by atoms with E-state index in [0.717, 1.165) is 18.4 Å². The first-order valence-corrected chi connectivity index (χ1v) is 7.09. The van der Waals surface area contributed by atoms with E-state index in [1.54, 1.807) is 12.1 Å². The van der Waals surface area contributed by atoms with Crippen molar-refractivity contribution in [3.8, 4) is 0 Å². The Morgan fingerprint density at radius 1 is 1.11 bits per heavy atom. The summed E-state index contributed by atoms with van der Waals surface area (Å²) >= 11 is 0. The lowest BCUT2D eigenvalue weighted by molar-refractivity contribution is 0.398. The largest absolute Gasteiger partial charge is 0.203 e. The summed E-state index contributed by atoms with van der Waals surface area (Å²) < 4.78 is 28.6. The van der Waals surface area contributed by atoms with Gasteiger partial charge in [0.15, 0.2) is 11.6 Å². The van der Waals surface area contributed by atoms with Crippen molar-refractivity contribution in [3.05, 3.63) is 41.0 Å². The molecule has 2 heteroatoms. The summed E-state index contributed by atoms with van der Waals surface area (Å²) in [5, 5.41) is 0. The van der Waals surface area contributed by atoms with Gasteiger partial charge in [-0.1, -0.05) is 45.9 Å². The van der Waals surface area contributed by atoms with Gasteiger partial charge in [0, 0.05) is 5.56 Å². The van der Waals surface area contributed by atoms with Crippen molar-refractivity contribution in [2.24, 2.45) is 0 Å². The molecule has 19 heavy (non-hydrogen) atoms. The number of hydrogen-bond acceptors (Lipinski definition) is 0. The number of rotatable bonds is 5. The first-order chi connectivity index (χ1) is 8.95. The zero-order valence-electron chi connectivity index (χ0n) is 12.6. The summed E-state index contributed by atoms with van der Waals surface area (Å²) in [6.45, 7) is 9.81. The van der Waals surface area contributed by atoms with Crippen molar-refractivity contribution >= 4 is 5.57 Å². The molecule has 0 saturated heterocycles. The average Bonchev–Trinajstić information content (AvgIpc) is 2.44. The predicted octanol–water partition coefficient (Wildman–Crippen LogP) is 5.86. The second-order valence-electron chi connectivity index (χ2n) is 5.22. The van der Waals surface area contributed by atoms with Crippen molar-refractivity contribution in [1.82, 2.24) is 0 Å². The van der Waals surface area contributed by atoms with Gasteiger partial charge in [0.25, 0.3) is 0 Å². The minimum Gasteiger partial charge on any atom is -0.203 e. The van der Waals surface area contributed by atoms with E-state index in [9.17, 15) is 8.78 Å². The Kier molecular flexibility index (Phi) is 5.28. The highest BCUT2D eigenvalue weighted by Gasteiger charge is 2.28. The van der Waals surface area contributed by atoms with Crippen LogP contribution < -0.4 is 0 Å². The van der Waals surface area contributed by atoms with Crippen LogP contribution in [0.1, 0.15) is 65.0 Å². The molecule has 0 amide bonds. The Morgan fingerprint density at radius 3 is 2.11 bits per heavy atom. The van der Waals surface area contributed by atoms with Gasteiger partial charge in [-0.15, -0.1) is 0 Å². The van der Waals surface area contributed by atoms with Gasteiger partial charge in [-0.3, -0.25) is 0 Å². The molecule has 0 fully saturated rings. The number of hydrogen-bond donors (Lipinski definition) is 0. The van der Waals surface area contributed by atoms with Crippen LogP contribution in [0, 0.1) is 11.6 Å². The Bertz CT molecular complexity index is 468. The Balaban J connectivity index is 3.41. The summed E-state index contributed by atoms with van der Waals surface area (Å²) in [5.74, 6) is -1.39. The lowest BCUT2D eigenvalue weighted by Crippen LogP contribution is -2.22. The van der Waals surface area contributed by atoms with Crippen molar-refractivity contribution < 1.29 is 8.78 Å². The highest BCUT2D eigenvalue weighted by molar-refractivity contribution is 5.66. The first-order valence-electron chi connectivity index (χ1n) is 7.09. The average molecular weight is 266 g/mol. The molecule has 0 unspecified atom stereocenters. The predicted molar refractivity (Wildman–Crippen MR) is 78.2 cm³/mol. The molecule has 1 aromatic rings. The van der Waals surface area contributed by atoms with Gasteiger partial charge in [-0.2, -0.15) is 0 Å². The molecule has 0 atom stereocenters. The maximum atomic E-state index is 14.4. The molecular weight excluding hydrogens is 242 g/mol. The summed E-state index contributed by atoms with van der Waals surface area (Å²) in [6, 6.07) is 3.47. The minimum absolute atomic E-state index is 0.300. The van der Waals surface area contributed by atoms with Crippen LogP contribution in [0.2, 0.25) is 0 Å². The molecule has 0 N–H and O–H groups in total. The van der Waals surface area contributed by atoms with Crippen LogP contribution in [-0.4, -0.2) is 0 Å². The van der Waals surface area contributed by atoms with Gasteiger partial charge in [0.2, 0.25) is 0 Å². The lowest BCUT2D eigenvalue weighted by atomic mass is 9.77. The number of allylic oxidation sites excluding steroid dienone is 2. The van der Waals surface area contributed by atoms with Crippen LogP contribution >= 0.6 is 0 Å². The van der Waals surface area contributed by atoms with Gasteiger partial charge in [-0.05, 0) is 42.7 Å². The van der Waals surface area contributed by atoms with Gasteiger partial charge < -0.3 is 0 Å². The van der Waals surface area contributed by atoms with Gasteiger partial charge in [-0.25, -0.2) is 8.78 Å². The van der Waals surface area contributed by atoms with Crippen molar-refractivity contribution in [3.63, 3.8) is 0 Å². The standard InChI is InChI=1S/C17H24F2/c1-6-12(7-2)13-10-11-14(16(19)15(13)18)17(5,8-3)9-4/h6,10-11H,7-9H2,1-5H3. The summed E-state index contributed by atoms with van der Waals surface area (Å²) in [5.41, 5.74) is 1.43. The molecule has 1 rings (SSSR count). The zero-order valence-corrected chi connectivity index (χ0v) is 12.6. The molecule has 0 spiro atoms. The fraction of sp³-hybridized carbons (Fsp3) is 0.529. The van der Waals surface area contributed by atoms with Crippen LogP contribution in [0.25, 0.3) is 5.57 Å². The van der Waals surface area contributed by atoms with Crippen molar-refractivity contribution in [1.29, 1.82) is 0 Å². The Hall–Kier alpha value is -1.18. The molecule has 0 bridgehead atoms. The smallest absolute Gasteiger partial charge is 0.166 e. The molecule has 0 aliphatic heterocycles. The van der Waals surface area contributed by atoms with E-state index in [2.05, 4.69) is 0 Å². The van der Waals surface area contributed by atoms with Crippen molar-refractivity contribution in [2.75, 3.05) is 0 Å². The summed E-state index contributed by atoms with van der Waals surface area (Å²) in [7, 11) is 0. The highest BCUT2D eigenvalue weighted by atomic mass is 19.2. The Labute approximate surface area is 115 Å². The van der Waals surface area contributed by atoms with E-state index < -0.39 is 11.6 Å². The molecule has 0 radical (unpaired) electrons. The fourth-order valence-electron chi connectivity index (χ4n) is 2.44. The SMILES string of the molecule is CC=C(CC)c1ccc(C(C)(CC)CC)c(F)c1F. The minimum atomic E-state index is -0.708. The van der Waals surface area contributed by atoms with E-state index in [1.165, 1.54) is 0 Å². The lowest BCUT2D eigenvalue weighted by Gasteiger charge is -2.28. The van der Waals surface area contributed by atoms with E-state index in [0.29, 0.717) is 17.5 Å². The van der Waals surface area contributed by atoms with Crippen LogP contribution in [0.3, 0.4) is 0 Å². The topological polar surface area (TPSA) is 0 Å². The molecular formula is C17H24F2. The van der Waals surface area contributed by atoms with Gasteiger partial charge in [0.05, 0.1) is 0 Å². The third-order valence-corrected chi connectivity index (χ3v) is 4.37. The maximum absolute atomic E-state index is 14.4. The number of benzene rings is 1. The van der Waals surface area contributed by atoms with Gasteiger partial charge >= 0.3 is 0 Å². The van der Waals surface area contributed by atoms with Crippen LogP contribution in [-0.2, 0) is 5.41 Å². The fourth-order valence-corrected chi connectivity index (χ4v) is 2.44. The molecule has 0 nitrogen and oxygen atoms in total. The monoisotopic (exact) mass is 266 g/mol. The molecule has 0 saturated carbocycles. The molecule has 0 aliphatic carbocycles. The zero-order chi connectivity index (χ0) is 14.6. The van der Waals surface area contributed by atoms with E-state index in [4.69, 9.17) is 0 Å². The second-order valence-corrected chi connectivity index (χ2v) is 5.22. The molecule has 0 heterocycles. The highest BCUT2D eigenvalue weighted by Crippen LogP contribution is 2.35. The molecule has 106 valence electrons. The molecule has 1 aromatic carbocycles. The Morgan fingerprint density at radius 2 is 1.68 bits per heavy atom. The van der Waals surface area contributed by atoms with E-state index in [1.807, 2.05) is 40.7 Å². The van der Waals surface area contributed by atoms with Gasteiger partial charge in [0.1, 0.15) is 0 Å². The van der Waals surface area contributed by atoms with Crippen molar-refractivity contribution in [2.45, 2.75) is 59.3 Å². The second kappa shape index (κ2) is 6.31. The molecule has 0 aliphatic rings. The van der Waals surface area contributed by atoms with Crippen LogP contribution in [0.4, 0.5) is 8.78 Å². The summed E-state index contributed by atoms with van der Waals surface area (Å²) in [6.07, 6.45) is 4.13. The van der Waals surface area contributed by atoms with Crippen LogP contribution in [0.5, 0.6) is 0 Å². The summed E-state index contributed by atoms with van der Waals surface area (Å²) in [4.78, 5) is 0. The maximum Gasteiger partial charge on any atom is 0.166 e. The van der Waals surface area contributed by atoms with E-state index in [-0.39, 0.29) is 5.41 Å². The van der Waals surface area contributed by atoms with E-state index >= 15 is 0 Å². The third kappa shape index (κ3) is 2.88. The first kappa shape index (κ1) is 15.9. The number of halogens is 2. The van der Waals surface area contributed by atoms with Crippen LogP contribution in [0.15, 0.2) is 18.2 Å².